The SMILES string of the molecule is O=C(O)C1(c2c3ccoc3c(O)c3ccoc23)CC1. The third-order valence-corrected chi connectivity index (χ3v) is 3.93. The Morgan fingerprint density at radius 3 is 2.37 bits per heavy atom. The molecule has 0 radical (unpaired) electrons. The number of fused-ring (bicyclic) bond motifs is 2. The number of phenols is 1. The third kappa shape index (κ3) is 1.12. The molecular formula is C14H10O5. The second kappa shape index (κ2) is 3.12. The predicted octanol–water partition coefficient (Wildman–Crippen LogP) is 3.00. The Morgan fingerprint density at radius 1 is 1.11 bits per heavy atom. The van der Waals surface area contributed by atoms with Gasteiger partial charge in [0.05, 0.1) is 23.3 Å². The summed E-state index contributed by atoms with van der Waals surface area (Å²) in [7, 11) is 0. The van der Waals surface area contributed by atoms with E-state index < -0.39 is 11.4 Å². The van der Waals surface area contributed by atoms with E-state index in [1.54, 1.807) is 12.1 Å². The Kier molecular flexibility index (Phi) is 1.72. The molecule has 5 nitrogen and oxygen atoms in total. The number of hydrogen-bond acceptors (Lipinski definition) is 4. The second-order valence-corrected chi connectivity index (χ2v) is 4.94. The van der Waals surface area contributed by atoms with E-state index in [9.17, 15) is 15.0 Å². The van der Waals surface area contributed by atoms with Crippen LogP contribution >= 0.6 is 0 Å². The van der Waals surface area contributed by atoms with E-state index in [0.717, 1.165) is 0 Å². The van der Waals surface area contributed by atoms with Crippen LogP contribution in [-0.4, -0.2) is 16.2 Å². The van der Waals surface area contributed by atoms with Gasteiger partial charge in [-0.1, -0.05) is 0 Å². The van der Waals surface area contributed by atoms with Crippen LogP contribution in [0.5, 0.6) is 5.75 Å². The summed E-state index contributed by atoms with van der Waals surface area (Å²) in [5, 5.41) is 20.7. The molecule has 0 aliphatic heterocycles. The van der Waals surface area contributed by atoms with Gasteiger partial charge in [-0.25, -0.2) is 0 Å². The average Bonchev–Trinajstić information content (AvgIpc) is 2.85. The van der Waals surface area contributed by atoms with Crippen molar-refractivity contribution in [3.63, 3.8) is 0 Å². The zero-order chi connectivity index (χ0) is 13.2. The highest BCUT2D eigenvalue weighted by Gasteiger charge is 2.54. The van der Waals surface area contributed by atoms with Crippen molar-refractivity contribution in [1.29, 1.82) is 0 Å². The normalized spacial score (nSPS) is 17.1. The van der Waals surface area contributed by atoms with Crippen LogP contribution < -0.4 is 0 Å². The molecule has 3 aromatic rings. The largest absolute Gasteiger partial charge is 0.504 e. The first kappa shape index (κ1) is 10.5. The van der Waals surface area contributed by atoms with Gasteiger partial charge in [0.15, 0.2) is 11.3 Å². The summed E-state index contributed by atoms with van der Waals surface area (Å²) in [5.41, 5.74) is 0.454. The number of rotatable bonds is 2. The van der Waals surface area contributed by atoms with Crippen LogP contribution in [0.1, 0.15) is 18.4 Å². The minimum Gasteiger partial charge on any atom is -0.504 e. The van der Waals surface area contributed by atoms with Crippen LogP contribution in [0.4, 0.5) is 0 Å². The molecule has 0 spiro atoms. The van der Waals surface area contributed by atoms with Gasteiger partial charge >= 0.3 is 5.97 Å². The Balaban J connectivity index is 2.23. The molecule has 4 rings (SSSR count). The molecule has 96 valence electrons. The van der Waals surface area contributed by atoms with E-state index >= 15 is 0 Å². The number of carboxylic acids is 1. The number of aliphatic carboxylic acids is 1. The molecule has 1 aliphatic rings. The van der Waals surface area contributed by atoms with Gasteiger partial charge in [-0.3, -0.25) is 4.79 Å². The van der Waals surface area contributed by atoms with Gasteiger partial charge in [0.25, 0.3) is 0 Å². The van der Waals surface area contributed by atoms with Crippen molar-refractivity contribution < 1.29 is 23.8 Å². The first-order valence-electron chi connectivity index (χ1n) is 5.98. The zero-order valence-electron chi connectivity index (χ0n) is 9.84. The van der Waals surface area contributed by atoms with E-state index in [-0.39, 0.29) is 5.75 Å². The fraction of sp³-hybridized carbons (Fsp3) is 0.214. The molecule has 19 heavy (non-hydrogen) atoms. The van der Waals surface area contributed by atoms with Crippen LogP contribution in [0.3, 0.4) is 0 Å². The Morgan fingerprint density at radius 2 is 1.74 bits per heavy atom. The minimum atomic E-state index is -0.911. The van der Waals surface area contributed by atoms with Crippen molar-refractivity contribution in [2.45, 2.75) is 18.3 Å². The fourth-order valence-corrected chi connectivity index (χ4v) is 2.79. The molecule has 5 heteroatoms. The topological polar surface area (TPSA) is 83.8 Å². The van der Waals surface area contributed by atoms with Crippen molar-refractivity contribution in [1.82, 2.24) is 0 Å². The lowest BCUT2D eigenvalue weighted by Gasteiger charge is -2.12. The van der Waals surface area contributed by atoms with Crippen molar-refractivity contribution in [2.24, 2.45) is 0 Å². The summed E-state index contributed by atoms with van der Waals surface area (Å²) in [4.78, 5) is 11.6. The second-order valence-electron chi connectivity index (χ2n) is 4.94. The number of benzene rings is 1. The maximum atomic E-state index is 11.6. The van der Waals surface area contributed by atoms with Gasteiger partial charge in [-0.15, -0.1) is 0 Å². The lowest BCUT2D eigenvalue weighted by atomic mass is 9.91. The number of phenolic OH excluding ortho intramolecular Hbond substituents is 1. The van der Waals surface area contributed by atoms with Crippen LogP contribution in [-0.2, 0) is 10.2 Å². The summed E-state index contributed by atoms with van der Waals surface area (Å²) in [5.74, 6) is -0.868. The molecule has 1 fully saturated rings. The highest BCUT2D eigenvalue weighted by atomic mass is 16.4. The van der Waals surface area contributed by atoms with E-state index in [1.807, 2.05) is 0 Å². The van der Waals surface area contributed by atoms with Gasteiger partial charge in [0, 0.05) is 10.9 Å². The number of hydrogen-bond donors (Lipinski definition) is 2. The van der Waals surface area contributed by atoms with Gasteiger partial charge in [-0.05, 0) is 25.0 Å². The predicted molar refractivity (Wildman–Crippen MR) is 66.2 cm³/mol. The maximum absolute atomic E-state index is 11.6. The monoisotopic (exact) mass is 258 g/mol. The van der Waals surface area contributed by atoms with Crippen LogP contribution in [0.15, 0.2) is 33.5 Å². The smallest absolute Gasteiger partial charge is 0.314 e. The van der Waals surface area contributed by atoms with E-state index in [2.05, 4.69) is 0 Å². The Labute approximate surface area is 107 Å². The van der Waals surface area contributed by atoms with Gasteiger partial charge in [0.1, 0.15) is 5.58 Å². The molecule has 1 aliphatic carbocycles. The number of carboxylic acid groups (broad SMARTS) is 1. The lowest BCUT2D eigenvalue weighted by Crippen LogP contribution is -2.20. The highest BCUT2D eigenvalue weighted by Crippen LogP contribution is 2.54. The number of furan rings is 2. The maximum Gasteiger partial charge on any atom is 0.314 e. The van der Waals surface area contributed by atoms with Crippen LogP contribution in [0, 0.1) is 0 Å². The fourth-order valence-electron chi connectivity index (χ4n) is 2.79. The highest BCUT2D eigenvalue weighted by molar-refractivity contribution is 6.08. The molecule has 0 atom stereocenters. The molecule has 0 unspecified atom stereocenters. The standard InChI is InChI=1S/C14H10O5/c15-10-8-2-6-18-11(8)9(7-1-5-19-12(7)10)14(3-4-14)13(16)17/h1-2,5-6,15H,3-4H2,(H,16,17). The summed E-state index contributed by atoms with van der Waals surface area (Å²) >= 11 is 0. The van der Waals surface area contributed by atoms with Gasteiger partial charge in [0.2, 0.25) is 0 Å². The number of aromatic hydroxyl groups is 1. The summed E-state index contributed by atoms with van der Waals surface area (Å²) in [6, 6.07) is 3.30. The molecule has 1 aromatic carbocycles. The van der Waals surface area contributed by atoms with E-state index in [4.69, 9.17) is 8.83 Å². The quantitative estimate of drug-likeness (QED) is 0.738. The van der Waals surface area contributed by atoms with Gasteiger partial charge < -0.3 is 19.0 Å². The van der Waals surface area contributed by atoms with E-state index in [0.29, 0.717) is 40.3 Å². The van der Waals surface area contributed by atoms with Crippen molar-refractivity contribution in [3.05, 3.63) is 30.2 Å². The molecule has 2 aromatic heterocycles. The molecule has 2 N–H and O–H groups in total. The molecule has 0 saturated heterocycles. The van der Waals surface area contributed by atoms with Crippen molar-refractivity contribution in [3.8, 4) is 5.75 Å². The lowest BCUT2D eigenvalue weighted by molar-refractivity contribution is -0.139. The number of carbonyl (C=O) groups is 1. The minimum absolute atomic E-state index is 0.00584. The molecule has 0 amide bonds. The van der Waals surface area contributed by atoms with E-state index in [1.165, 1.54) is 12.5 Å². The molecule has 1 saturated carbocycles. The summed E-state index contributed by atoms with van der Waals surface area (Å²) in [6.07, 6.45) is 4.04. The van der Waals surface area contributed by atoms with Gasteiger partial charge in [-0.2, -0.15) is 0 Å². The van der Waals surface area contributed by atoms with Crippen molar-refractivity contribution in [2.75, 3.05) is 0 Å². The first-order valence-corrected chi connectivity index (χ1v) is 5.98. The first-order chi connectivity index (χ1) is 9.15. The van der Waals surface area contributed by atoms with Crippen molar-refractivity contribution >= 4 is 27.9 Å². The summed E-state index contributed by atoms with van der Waals surface area (Å²) in [6.45, 7) is 0. The Bertz CT molecular complexity index is 767. The van der Waals surface area contributed by atoms with Crippen LogP contribution in [0.25, 0.3) is 21.9 Å². The molecular weight excluding hydrogens is 248 g/mol. The molecule has 0 bridgehead atoms. The summed E-state index contributed by atoms with van der Waals surface area (Å²) < 4.78 is 10.7. The molecule has 2 heterocycles. The average molecular weight is 258 g/mol. The van der Waals surface area contributed by atoms with Crippen LogP contribution in [0.2, 0.25) is 0 Å². The third-order valence-electron chi connectivity index (χ3n) is 3.93. The Hall–Kier alpha value is -2.43. The zero-order valence-corrected chi connectivity index (χ0v) is 9.84.